The van der Waals surface area contributed by atoms with Crippen molar-refractivity contribution in [3.63, 3.8) is 0 Å². The number of anilines is 1. The van der Waals surface area contributed by atoms with Crippen LogP contribution in [0.1, 0.15) is 30.4 Å². The molecule has 1 aliphatic rings. The molecule has 1 heterocycles. The number of hydrogen-bond acceptors (Lipinski definition) is 2. The number of carbonyl (C=O) groups excluding carboxylic acids is 1. The van der Waals surface area contributed by atoms with Crippen LogP contribution in [-0.2, 0) is 4.79 Å². The molecule has 0 aliphatic carbocycles. The topological polar surface area (TPSA) is 23.6 Å². The first-order valence-corrected chi connectivity index (χ1v) is 7.12. The van der Waals surface area contributed by atoms with Crippen molar-refractivity contribution in [2.24, 2.45) is 0 Å². The molecule has 1 atom stereocenters. The molecule has 0 N–H and O–H groups in total. The van der Waals surface area contributed by atoms with Crippen molar-refractivity contribution in [3.8, 4) is 0 Å². The van der Waals surface area contributed by atoms with Crippen LogP contribution in [0, 0.1) is 13.8 Å². The Hall–Kier alpha value is -1.06. The van der Waals surface area contributed by atoms with Gasteiger partial charge in [0.2, 0.25) is 0 Å². The normalized spacial score (nSPS) is 20.3. The summed E-state index contributed by atoms with van der Waals surface area (Å²) in [6.45, 7) is 4.93. The maximum atomic E-state index is 12.6. The van der Waals surface area contributed by atoms with Crippen LogP contribution in [0.5, 0.6) is 0 Å². The number of nitrogens with zero attached hydrogens (tertiary/aromatic N) is 2. The second kappa shape index (κ2) is 5.93. The van der Waals surface area contributed by atoms with Crippen molar-refractivity contribution in [1.29, 1.82) is 0 Å². The van der Waals surface area contributed by atoms with E-state index in [2.05, 4.69) is 4.90 Å². The lowest BCUT2D eigenvalue weighted by atomic mass is 10.0. The zero-order valence-corrected chi connectivity index (χ0v) is 12.6. The minimum atomic E-state index is -0.0924. The zero-order valence-electron chi connectivity index (χ0n) is 11.8. The number of carbonyl (C=O) groups is 1. The molecule has 1 aromatic rings. The molecule has 3 nitrogen and oxygen atoms in total. The van der Waals surface area contributed by atoms with Gasteiger partial charge in [0.25, 0.3) is 5.91 Å². The number of para-hydroxylation sites is 1. The molecule has 0 spiro atoms. The Labute approximate surface area is 120 Å². The Bertz CT molecular complexity index is 455. The molecular formula is C15H21ClN2O. The number of amides is 1. The lowest BCUT2D eigenvalue weighted by Gasteiger charge is -2.33. The summed E-state index contributed by atoms with van der Waals surface area (Å²) < 4.78 is 1.32. The Morgan fingerprint density at radius 2 is 1.95 bits per heavy atom. The van der Waals surface area contributed by atoms with E-state index < -0.39 is 0 Å². The van der Waals surface area contributed by atoms with Crippen molar-refractivity contribution in [3.05, 3.63) is 29.3 Å². The highest BCUT2D eigenvalue weighted by Gasteiger charge is 2.30. The van der Waals surface area contributed by atoms with Gasteiger partial charge >= 0.3 is 0 Å². The summed E-state index contributed by atoms with van der Waals surface area (Å²) in [4.78, 5) is 14.7. The molecule has 0 radical (unpaired) electrons. The molecule has 1 unspecified atom stereocenters. The lowest BCUT2D eigenvalue weighted by molar-refractivity contribution is -0.123. The smallest absolute Gasteiger partial charge is 0.258 e. The predicted octanol–water partition coefficient (Wildman–Crippen LogP) is 3.27. The summed E-state index contributed by atoms with van der Waals surface area (Å²) in [6.07, 6.45) is 3.15. The van der Waals surface area contributed by atoms with Crippen LogP contribution in [0.2, 0.25) is 0 Å². The molecule has 4 heteroatoms. The second-order valence-electron chi connectivity index (χ2n) is 5.35. The number of likely N-dealkylation sites (N-methyl/N-ethyl adjacent to an activating group) is 1. The van der Waals surface area contributed by atoms with Gasteiger partial charge in [-0.05, 0) is 51.4 Å². The maximum absolute atomic E-state index is 12.6. The van der Waals surface area contributed by atoms with Gasteiger partial charge in [-0.2, -0.15) is 0 Å². The van der Waals surface area contributed by atoms with E-state index in [-0.39, 0.29) is 11.9 Å². The van der Waals surface area contributed by atoms with Gasteiger partial charge in [0.05, 0.1) is 11.7 Å². The molecule has 0 aromatic heterocycles. The highest BCUT2D eigenvalue weighted by Crippen LogP contribution is 2.28. The van der Waals surface area contributed by atoms with Gasteiger partial charge in [0, 0.05) is 11.8 Å². The van der Waals surface area contributed by atoms with E-state index in [1.807, 2.05) is 39.1 Å². The summed E-state index contributed by atoms with van der Waals surface area (Å²) in [5.41, 5.74) is 2.89. The van der Waals surface area contributed by atoms with E-state index in [0.29, 0.717) is 0 Å². The molecule has 2 rings (SSSR count). The van der Waals surface area contributed by atoms with Crippen LogP contribution in [0.3, 0.4) is 0 Å². The quantitative estimate of drug-likeness (QED) is 0.776. The van der Waals surface area contributed by atoms with Crippen LogP contribution < -0.4 is 4.42 Å². The third-order valence-electron chi connectivity index (χ3n) is 3.88. The molecule has 1 aromatic carbocycles. The minimum absolute atomic E-state index is 0.0127. The zero-order chi connectivity index (χ0) is 14.0. The molecule has 1 amide bonds. The fourth-order valence-electron chi connectivity index (χ4n) is 2.74. The summed E-state index contributed by atoms with van der Waals surface area (Å²) in [5.74, 6) is -0.0127. The van der Waals surface area contributed by atoms with Crippen LogP contribution in [0.4, 0.5) is 5.69 Å². The number of benzene rings is 1. The number of halogens is 1. The highest BCUT2D eigenvalue weighted by atomic mass is 35.5. The van der Waals surface area contributed by atoms with E-state index in [4.69, 9.17) is 11.8 Å². The first-order valence-electron chi connectivity index (χ1n) is 6.78. The minimum Gasteiger partial charge on any atom is -0.295 e. The summed E-state index contributed by atoms with van der Waals surface area (Å²) in [7, 11) is 2.00. The molecule has 1 saturated heterocycles. The molecule has 104 valence electrons. The highest BCUT2D eigenvalue weighted by molar-refractivity contribution is 6.37. The van der Waals surface area contributed by atoms with Crippen molar-refractivity contribution in [2.45, 2.75) is 39.2 Å². The van der Waals surface area contributed by atoms with Crippen LogP contribution >= 0.6 is 11.8 Å². The summed E-state index contributed by atoms with van der Waals surface area (Å²) in [6, 6.07) is 5.85. The lowest BCUT2D eigenvalue weighted by Crippen LogP contribution is -2.47. The Kier molecular flexibility index (Phi) is 4.48. The number of rotatable bonds is 2. The number of hydrogen-bond donors (Lipinski definition) is 0. The fourth-order valence-corrected chi connectivity index (χ4v) is 3.12. The molecular weight excluding hydrogens is 260 g/mol. The molecule has 0 bridgehead atoms. The van der Waals surface area contributed by atoms with Gasteiger partial charge in [-0.25, -0.2) is 4.42 Å². The van der Waals surface area contributed by atoms with Crippen LogP contribution in [-0.4, -0.2) is 30.4 Å². The third-order valence-corrected chi connectivity index (χ3v) is 4.22. The van der Waals surface area contributed by atoms with E-state index >= 15 is 0 Å². The van der Waals surface area contributed by atoms with Gasteiger partial charge < -0.3 is 0 Å². The first kappa shape index (κ1) is 14.4. The standard InChI is InChI=1S/C15H21ClN2O/c1-11-7-6-8-12(2)14(11)18(16)15(19)13-9-4-5-10-17(13)3/h6-8,13H,4-5,9-10H2,1-3H3. The Morgan fingerprint density at radius 1 is 1.32 bits per heavy atom. The van der Waals surface area contributed by atoms with E-state index in [0.717, 1.165) is 42.6 Å². The molecule has 1 fully saturated rings. The van der Waals surface area contributed by atoms with E-state index in [1.54, 1.807) is 0 Å². The maximum Gasteiger partial charge on any atom is 0.258 e. The number of aryl methyl sites for hydroxylation is 2. The van der Waals surface area contributed by atoms with Crippen LogP contribution in [0.15, 0.2) is 18.2 Å². The number of piperidine rings is 1. The van der Waals surface area contributed by atoms with E-state index in [9.17, 15) is 4.79 Å². The van der Waals surface area contributed by atoms with Gasteiger partial charge in [0.1, 0.15) is 0 Å². The molecule has 0 saturated carbocycles. The predicted molar refractivity (Wildman–Crippen MR) is 79.5 cm³/mol. The van der Waals surface area contributed by atoms with Crippen molar-refractivity contribution >= 4 is 23.4 Å². The Balaban J connectivity index is 2.23. The van der Waals surface area contributed by atoms with Gasteiger partial charge in [-0.1, -0.05) is 24.6 Å². The third kappa shape index (κ3) is 2.93. The largest absolute Gasteiger partial charge is 0.295 e. The van der Waals surface area contributed by atoms with Crippen molar-refractivity contribution < 1.29 is 4.79 Å². The second-order valence-corrected chi connectivity index (χ2v) is 5.69. The summed E-state index contributed by atoms with van der Waals surface area (Å²) in [5, 5.41) is 0. The van der Waals surface area contributed by atoms with Gasteiger partial charge in [0.15, 0.2) is 0 Å². The van der Waals surface area contributed by atoms with Gasteiger partial charge in [-0.15, -0.1) is 0 Å². The fraction of sp³-hybridized carbons (Fsp3) is 0.533. The molecule has 19 heavy (non-hydrogen) atoms. The average Bonchev–Trinajstić information content (AvgIpc) is 2.38. The average molecular weight is 281 g/mol. The summed E-state index contributed by atoms with van der Waals surface area (Å²) >= 11 is 6.32. The van der Waals surface area contributed by atoms with E-state index in [1.165, 1.54) is 4.42 Å². The van der Waals surface area contributed by atoms with Gasteiger partial charge in [-0.3, -0.25) is 9.69 Å². The SMILES string of the molecule is Cc1cccc(C)c1N(Cl)C(=O)C1CCCCN1C. The van der Waals surface area contributed by atoms with Crippen molar-refractivity contribution in [2.75, 3.05) is 18.0 Å². The monoisotopic (exact) mass is 280 g/mol. The first-order chi connectivity index (χ1) is 9.02. The number of likely N-dealkylation sites (tertiary alicyclic amines) is 1. The van der Waals surface area contributed by atoms with Crippen molar-refractivity contribution in [1.82, 2.24) is 4.90 Å². The van der Waals surface area contributed by atoms with Crippen LogP contribution in [0.25, 0.3) is 0 Å². The Morgan fingerprint density at radius 3 is 2.53 bits per heavy atom. The molecule has 1 aliphatic heterocycles.